The van der Waals surface area contributed by atoms with Gasteiger partial charge < -0.3 is 32.0 Å². The van der Waals surface area contributed by atoms with E-state index in [-0.39, 0.29) is 40.3 Å². The third-order valence-electron chi connectivity index (χ3n) is 9.18. The lowest BCUT2D eigenvalue weighted by atomic mass is 10.1. The van der Waals surface area contributed by atoms with E-state index in [0.717, 1.165) is 33.5 Å². The van der Waals surface area contributed by atoms with E-state index in [2.05, 4.69) is 25.3 Å². The van der Waals surface area contributed by atoms with Crippen LogP contribution in [-0.2, 0) is 0 Å². The summed E-state index contributed by atoms with van der Waals surface area (Å²) in [7, 11) is 2.99. The summed E-state index contributed by atoms with van der Waals surface area (Å²) in [4.78, 5) is 41.9. The Morgan fingerprint density at radius 2 is 1.05 bits per heavy atom. The van der Waals surface area contributed by atoms with Gasteiger partial charge in [0.2, 0.25) is 23.7 Å². The highest BCUT2D eigenvalue weighted by atomic mass is 35.5. The predicted molar refractivity (Wildman–Crippen MR) is 245 cm³/mol. The van der Waals surface area contributed by atoms with E-state index in [1.165, 1.54) is 20.3 Å². The number of hydrogen-bond donors (Lipinski definition) is 4. The molecule has 312 valence electrons. The van der Waals surface area contributed by atoms with Gasteiger partial charge in [0.1, 0.15) is 11.0 Å². The molecule has 8 aromatic rings. The van der Waals surface area contributed by atoms with E-state index in [1.54, 1.807) is 27.3 Å². The fraction of sp³-hybridized carbons (Fsp3) is 0.136. The van der Waals surface area contributed by atoms with Gasteiger partial charge in [0.15, 0.2) is 0 Å². The van der Waals surface area contributed by atoms with Crippen molar-refractivity contribution in [2.24, 2.45) is 5.73 Å². The first-order chi connectivity index (χ1) is 29.3. The van der Waals surface area contributed by atoms with Gasteiger partial charge in [-0.05, 0) is 73.2 Å². The number of halogens is 3. The molecule has 0 radical (unpaired) electrons. The van der Waals surface area contributed by atoms with E-state index in [4.69, 9.17) is 61.5 Å². The molecule has 4 heterocycles. The van der Waals surface area contributed by atoms with Crippen LogP contribution in [0.4, 0.5) is 17.7 Å². The molecule has 4 aromatic heterocycles. The first kappa shape index (κ1) is 43.9. The van der Waals surface area contributed by atoms with Gasteiger partial charge >= 0.3 is 0 Å². The van der Waals surface area contributed by atoms with Gasteiger partial charge in [-0.25, -0.2) is 4.98 Å². The summed E-state index contributed by atoms with van der Waals surface area (Å²) >= 11 is 18.1. The molecule has 4 aromatic carbocycles. The molecule has 0 unspecified atom stereocenters. The minimum atomic E-state index is -0.291. The van der Waals surface area contributed by atoms with Crippen LogP contribution >= 0.6 is 34.8 Å². The van der Waals surface area contributed by atoms with Gasteiger partial charge in [-0.15, -0.1) is 0 Å². The van der Waals surface area contributed by atoms with Crippen LogP contribution in [-0.4, -0.2) is 43.3 Å². The standard InChI is InChI=1S/C22H20ClN5O2.C17H15ClN2O.C5H6ClN3O/c1-13(25-18-12-19(30-2)27-22(24)26-18)17-11-14-7-6-10-16(23)20(14)21(29)28(17)15-8-4-3-5-9-15;1-11(19)15-10-12-6-5-9-14(18)16(12)17(21)20(15)13-7-3-2-4-8-13;1-10-4-2-3(6)8-5(7)9-4/h3-13H,1-2H3,(H3,24,25,26,27);2-11H,19H2,1H3;2H,1H3,(H2,7,8,9)/t13-;11-;/m00./s1. The second kappa shape index (κ2) is 19.6. The number of ether oxygens (including phenoxy) is 2. The van der Waals surface area contributed by atoms with Crippen LogP contribution in [0.15, 0.2) is 131 Å². The number of pyridine rings is 2. The van der Waals surface area contributed by atoms with Crippen molar-refractivity contribution >= 4 is 74.1 Å². The molecule has 7 N–H and O–H groups in total. The van der Waals surface area contributed by atoms with E-state index >= 15 is 0 Å². The lowest BCUT2D eigenvalue weighted by molar-refractivity contribution is 0.397. The summed E-state index contributed by atoms with van der Waals surface area (Å²) in [6.45, 7) is 3.81. The average Bonchev–Trinajstić information content (AvgIpc) is 3.24. The molecule has 17 heteroatoms. The number of nitrogens with two attached hydrogens (primary N) is 3. The molecule has 0 spiro atoms. The topological polar surface area (TPSA) is 204 Å². The van der Waals surface area contributed by atoms with Crippen LogP contribution in [0.25, 0.3) is 32.9 Å². The molecule has 0 aliphatic carbocycles. The summed E-state index contributed by atoms with van der Waals surface area (Å²) in [6, 6.07) is 36.2. The van der Waals surface area contributed by atoms with Crippen LogP contribution in [0.5, 0.6) is 11.8 Å². The molecule has 0 aliphatic rings. The number of nitrogens with zero attached hydrogens (tertiary/aromatic N) is 6. The summed E-state index contributed by atoms with van der Waals surface area (Å²) in [5.74, 6) is 1.42. The highest BCUT2D eigenvalue weighted by Crippen LogP contribution is 2.28. The number of anilines is 3. The second-order valence-corrected chi connectivity index (χ2v) is 14.6. The monoisotopic (exact) mass is 878 g/mol. The SMILES string of the molecule is COc1cc(Cl)nc(N)n1.COc1cc(N[C@@H](C)c2cc3cccc(Cl)c3c(=O)n2-c2ccccc2)nc(N)n1.C[C@H](N)c1cc2cccc(Cl)c2c(=O)n1-c1ccccc1. The molecule has 8 rings (SSSR count). The number of nitrogens with one attached hydrogen (secondary N) is 1. The Bertz CT molecular complexity index is 2910. The number of methoxy groups -OCH3 is 2. The van der Waals surface area contributed by atoms with E-state index in [1.807, 2.05) is 111 Å². The van der Waals surface area contributed by atoms with Crippen LogP contribution in [0.1, 0.15) is 37.3 Å². The van der Waals surface area contributed by atoms with E-state index in [0.29, 0.717) is 38.4 Å². The third-order valence-corrected chi connectivity index (χ3v) is 10.0. The highest BCUT2D eigenvalue weighted by Gasteiger charge is 2.19. The maximum Gasteiger partial charge on any atom is 0.264 e. The Hall–Kier alpha value is -6.71. The van der Waals surface area contributed by atoms with E-state index in [9.17, 15) is 9.59 Å². The summed E-state index contributed by atoms with van der Waals surface area (Å²) in [6.07, 6.45) is 0. The van der Waals surface area contributed by atoms with Crippen molar-refractivity contribution < 1.29 is 9.47 Å². The Morgan fingerprint density at radius 3 is 1.52 bits per heavy atom. The number of para-hydroxylation sites is 2. The quantitative estimate of drug-likeness (QED) is 0.106. The van der Waals surface area contributed by atoms with Crippen LogP contribution in [0, 0.1) is 0 Å². The van der Waals surface area contributed by atoms with Crippen molar-refractivity contribution in [3.63, 3.8) is 0 Å². The molecule has 0 saturated heterocycles. The van der Waals surface area contributed by atoms with Crippen molar-refractivity contribution in [2.45, 2.75) is 25.9 Å². The van der Waals surface area contributed by atoms with Crippen molar-refractivity contribution in [1.29, 1.82) is 0 Å². The number of nitrogen functional groups attached to an aromatic ring is 2. The molecular weight excluding hydrogens is 839 g/mol. The molecule has 2 atom stereocenters. The Balaban J connectivity index is 0.000000173. The van der Waals surface area contributed by atoms with Crippen LogP contribution in [0.3, 0.4) is 0 Å². The minimum absolute atomic E-state index is 0.0924. The zero-order chi connectivity index (χ0) is 43.8. The number of benzene rings is 4. The number of hydrogen-bond acceptors (Lipinski definition) is 12. The van der Waals surface area contributed by atoms with Gasteiger partial charge in [-0.3, -0.25) is 18.7 Å². The molecule has 0 bridgehead atoms. The molecule has 0 fully saturated rings. The zero-order valence-corrected chi connectivity index (χ0v) is 35.7. The van der Waals surface area contributed by atoms with Crippen molar-refractivity contribution in [3.8, 4) is 23.1 Å². The van der Waals surface area contributed by atoms with Crippen molar-refractivity contribution in [3.05, 3.63) is 169 Å². The van der Waals surface area contributed by atoms with Gasteiger partial charge in [-0.2, -0.15) is 15.0 Å². The van der Waals surface area contributed by atoms with Gasteiger partial charge in [0.25, 0.3) is 11.1 Å². The van der Waals surface area contributed by atoms with Crippen molar-refractivity contribution in [1.82, 2.24) is 29.1 Å². The summed E-state index contributed by atoms with van der Waals surface area (Å²) in [5.41, 5.74) is 19.8. The Kier molecular flexibility index (Phi) is 14.1. The molecule has 0 saturated carbocycles. The van der Waals surface area contributed by atoms with E-state index < -0.39 is 0 Å². The largest absolute Gasteiger partial charge is 0.481 e. The number of aromatic nitrogens is 6. The fourth-order valence-electron chi connectivity index (χ4n) is 6.46. The van der Waals surface area contributed by atoms with Crippen LogP contribution in [0.2, 0.25) is 15.2 Å². The maximum absolute atomic E-state index is 13.5. The molecule has 0 amide bonds. The molecule has 0 aliphatic heterocycles. The number of rotatable bonds is 8. The summed E-state index contributed by atoms with van der Waals surface area (Å²) in [5, 5.41) is 7.02. The predicted octanol–water partition coefficient (Wildman–Crippen LogP) is 8.58. The first-order valence-electron chi connectivity index (χ1n) is 18.6. The zero-order valence-electron chi connectivity index (χ0n) is 33.4. The van der Waals surface area contributed by atoms with Gasteiger partial charge in [0, 0.05) is 40.9 Å². The normalized spacial score (nSPS) is 11.7. The first-order valence-corrected chi connectivity index (χ1v) is 19.8. The minimum Gasteiger partial charge on any atom is -0.481 e. The average molecular weight is 880 g/mol. The Morgan fingerprint density at radius 1 is 0.590 bits per heavy atom. The Labute approximate surface area is 365 Å². The summed E-state index contributed by atoms with van der Waals surface area (Å²) < 4.78 is 13.2. The highest BCUT2D eigenvalue weighted by molar-refractivity contribution is 6.35. The van der Waals surface area contributed by atoms with Gasteiger partial charge in [0.05, 0.1) is 41.1 Å². The molecular formula is C44H41Cl3N10O4. The lowest BCUT2D eigenvalue weighted by Crippen LogP contribution is -2.25. The second-order valence-electron chi connectivity index (χ2n) is 13.4. The number of fused-ring (bicyclic) bond motifs is 2. The van der Waals surface area contributed by atoms with Crippen LogP contribution < -0.4 is 43.1 Å². The molecule has 14 nitrogen and oxygen atoms in total. The third kappa shape index (κ3) is 10.2. The maximum atomic E-state index is 13.5. The molecule has 61 heavy (non-hydrogen) atoms. The lowest BCUT2D eigenvalue weighted by Gasteiger charge is -2.21. The van der Waals surface area contributed by atoms with Crippen molar-refractivity contribution in [2.75, 3.05) is 31.0 Å². The van der Waals surface area contributed by atoms with Gasteiger partial charge in [-0.1, -0.05) is 95.5 Å². The smallest absolute Gasteiger partial charge is 0.264 e. The fourth-order valence-corrected chi connectivity index (χ4v) is 7.16.